The molecule has 0 spiro atoms. The Morgan fingerprint density at radius 2 is 1.76 bits per heavy atom. The number of nitrogens with zero attached hydrogens (tertiary/aromatic N) is 1. The summed E-state index contributed by atoms with van der Waals surface area (Å²) in [4.78, 5) is 23.9. The minimum atomic E-state index is -3.77. The Labute approximate surface area is 174 Å². The molecular weight excluding hydrogens is 414 g/mol. The van der Waals surface area contributed by atoms with Gasteiger partial charge in [0.1, 0.15) is 4.90 Å². The van der Waals surface area contributed by atoms with Crippen molar-refractivity contribution in [3.8, 4) is 0 Å². The van der Waals surface area contributed by atoms with Gasteiger partial charge in [-0.15, -0.1) is 0 Å². The number of sulfonamides is 1. The van der Waals surface area contributed by atoms with Gasteiger partial charge in [-0.3, -0.25) is 9.59 Å². The molecule has 0 unspecified atom stereocenters. The fraction of sp³-hybridized carbons (Fsp3) is 0.300. The van der Waals surface area contributed by atoms with E-state index in [2.05, 4.69) is 5.32 Å². The van der Waals surface area contributed by atoms with E-state index in [4.69, 9.17) is 17.3 Å². The lowest BCUT2D eigenvalue weighted by Gasteiger charge is -2.26. The number of nitrogens with one attached hydrogen (secondary N) is 1. The van der Waals surface area contributed by atoms with Crippen LogP contribution in [0.5, 0.6) is 0 Å². The number of anilines is 1. The van der Waals surface area contributed by atoms with Gasteiger partial charge in [-0.05, 0) is 61.7 Å². The summed E-state index contributed by atoms with van der Waals surface area (Å²) in [6.45, 7) is 2.60. The lowest BCUT2D eigenvalue weighted by molar-refractivity contribution is 0.0997. The van der Waals surface area contributed by atoms with E-state index in [9.17, 15) is 18.0 Å². The molecule has 29 heavy (non-hydrogen) atoms. The van der Waals surface area contributed by atoms with Gasteiger partial charge in [0, 0.05) is 29.9 Å². The van der Waals surface area contributed by atoms with Gasteiger partial charge in [0.15, 0.2) is 0 Å². The second-order valence-corrected chi connectivity index (χ2v) is 9.27. The minimum Gasteiger partial charge on any atom is -0.366 e. The summed E-state index contributed by atoms with van der Waals surface area (Å²) in [5.74, 6) is -1.03. The van der Waals surface area contributed by atoms with E-state index < -0.39 is 21.8 Å². The number of carbonyl (C=O) groups is 2. The van der Waals surface area contributed by atoms with Crippen molar-refractivity contribution in [2.75, 3.05) is 18.4 Å². The third-order valence-corrected chi connectivity index (χ3v) is 7.26. The van der Waals surface area contributed by atoms with Gasteiger partial charge in [-0.25, -0.2) is 8.42 Å². The number of halogens is 1. The summed E-state index contributed by atoms with van der Waals surface area (Å²) in [6.07, 6.45) is 2.60. The van der Waals surface area contributed by atoms with Gasteiger partial charge >= 0.3 is 0 Å². The predicted octanol–water partition coefficient (Wildman–Crippen LogP) is 3.17. The van der Waals surface area contributed by atoms with Crippen molar-refractivity contribution in [1.29, 1.82) is 0 Å². The zero-order valence-electron chi connectivity index (χ0n) is 15.9. The van der Waals surface area contributed by atoms with E-state index in [1.165, 1.54) is 28.6 Å². The summed E-state index contributed by atoms with van der Waals surface area (Å²) in [5, 5.41) is 2.78. The second-order valence-electron chi connectivity index (χ2n) is 6.96. The van der Waals surface area contributed by atoms with Crippen molar-refractivity contribution in [2.24, 2.45) is 5.73 Å². The van der Waals surface area contributed by atoms with E-state index >= 15 is 0 Å². The maximum absolute atomic E-state index is 13.0. The number of primary amides is 1. The third-order valence-electron chi connectivity index (χ3n) is 4.88. The van der Waals surface area contributed by atoms with Crippen molar-refractivity contribution in [1.82, 2.24) is 4.31 Å². The molecule has 3 N–H and O–H groups in total. The van der Waals surface area contributed by atoms with Crippen LogP contribution < -0.4 is 11.1 Å². The number of aryl methyl sites for hydroxylation is 1. The Balaban J connectivity index is 1.86. The predicted molar refractivity (Wildman–Crippen MR) is 112 cm³/mol. The number of rotatable bonds is 5. The summed E-state index contributed by atoms with van der Waals surface area (Å²) in [7, 11) is -3.77. The number of carbonyl (C=O) groups excluding carboxylic acids is 2. The smallest absolute Gasteiger partial charge is 0.255 e. The molecule has 1 saturated heterocycles. The van der Waals surface area contributed by atoms with Crippen LogP contribution in [0.3, 0.4) is 0 Å². The number of piperidine rings is 1. The Hall–Kier alpha value is -2.42. The van der Waals surface area contributed by atoms with Gasteiger partial charge in [-0.1, -0.05) is 18.0 Å². The van der Waals surface area contributed by atoms with Crippen LogP contribution in [0.25, 0.3) is 0 Å². The van der Waals surface area contributed by atoms with Crippen LogP contribution in [0.1, 0.15) is 45.5 Å². The second kappa shape index (κ2) is 8.52. The number of benzene rings is 2. The van der Waals surface area contributed by atoms with Gasteiger partial charge in [0.2, 0.25) is 15.9 Å². The van der Waals surface area contributed by atoms with Crippen LogP contribution in [-0.2, 0) is 10.0 Å². The number of hydrogen-bond acceptors (Lipinski definition) is 4. The maximum Gasteiger partial charge on any atom is 0.255 e. The Bertz CT molecular complexity index is 1060. The van der Waals surface area contributed by atoms with E-state index in [1.54, 1.807) is 19.1 Å². The first-order chi connectivity index (χ1) is 13.7. The number of nitrogens with two attached hydrogens (primary N) is 1. The first-order valence-corrected chi connectivity index (χ1v) is 11.0. The summed E-state index contributed by atoms with van der Waals surface area (Å²) in [5.41, 5.74) is 6.91. The van der Waals surface area contributed by atoms with Crippen LogP contribution in [-0.4, -0.2) is 37.6 Å². The SMILES string of the molecule is Cc1cc(NC(=O)c2ccc(Cl)c(S(=O)(=O)N3CCCCC3)c2)ccc1C(N)=O. The monoisotopic (exact) mass is 435 g/mol. The van der Waals surface area contributed by atoms with Gasteiger partial charge in [0.25, 0.3) is 5.91 Å². The molecule has 0 saturated carbocycles. The summed E-state index contributed by atoms with van der Waals surface area (Å²) >= 11 is 6.15. The third kappa shape index (κ3) is 4.60. The highest BCUT2D eigenvalue weighted by molar-refractivity contribution is 7.89. The Kier molecular flexibility index (Phi) is 6.26. The molecule has 154 valence electrons. The fourth-order valence-electron chi connectivity index (χ4n) is 3.31. The van der Waals surface area contributed by atoms with E-state index in [1.807, 2.05) is 0 Å². The molecule has 9 heteroatoms. The largest absolute Gasteiger partial charge is 0.366 e. The molecule has 0 radical (unpaired) electrons. The molecule has 0 aromatic heterocycles. The molecule has 2 aromatic carbocycles. The normalized spacial score (nSPS) is 15.1. The molecular formula is C20H22ClN3O4S. The van der Waals surface area contributed by atoms with Gasteiger partial charge in [-0.2, -0.15) is 4.31 Å². The maximum atomic E-state index is 13.0. The van der Waals surface area contributed by atoms with Crippen molar-refractivity contribution in [3.63, 3.8) is 0 Å². The molecule has 3 rings (SSSR count). The number of hydrogen-bond donors (Lipinski definition) is 2. The fourth-order valence-corrected chi connectivity index (χ4v) is 5.33. The van der Waals surface area contributed by atoms with Crippen molar-refractivity contribution >= 4 is 39.1 Å². The molecule has 1 aliphatic heterocycles. The average Bonchev–Trinajstić information content (AvgIpc) is 2.68. The Morgan fingerprint density at radius 3 is 2.38 bits per heavy atom. The topological polar surface area (TPSA) is 110 Å². The Morgan fingerprint density at radius 1 is 1.07 bits per heavy atom. The molecule has 1 heterocycles. The molecule has 0 aliphatic carbocycles. The highest BCUT2D eigenvalue weighted by Crippen LogP contribution is 2.28. The van der Waals surface area contributed by atoms with Crippen LogP contribution in [0.4, 0.5) is 5.69 Å². The molecule has 2 aromatic rings. The zero-order valence-corrected chi connectivity index (χ0v) is 17.5. The van der Waals surface area contributed by atoms with Gasteiger partial charge < -0.3 is 11.1 Å². The highest BCUT2D eigenvalue weighted by Gasteiger charge is 2.28. The molecule has 0 bridgehead atoms. The lowest BCUT2D eigenvalue weighted by Crippen LogP contribution is -2.35. The quantitative estimate of drug-likeness (QED) is 0.751. The molecule has 0 atom stereocenters. The van der Waals surface area contributed by atoms with Crippen molar-refractivity contribution in [3.05, 3.63) is 58.1 Å². The first-order valence-electron chi connectivity index (χ1n) is 9.21. The van der Waals surface area contributed by atoms with Crippen LogP contribution >= 0.6 is 11.6 Å². The molecule has 1 fully saturated rings. The summed E-state index contributed by atoms with van der Waals surface area (Å²) in [6, 6.07) is 8.89. The lowest BCUT2D eigenvalue weighted by atomic mass is 10.1. The van der Waals surface area contributed by atoms with Crippen molar-refractivity contribution < 1.29 is 18.0 Å². The molecule has 1 aliphatic rings. The zero-order chi connectivity index (χ0) is 21.2. The highest BCUT2D eigenvalue weighted by atomic mass is 35.5. The molecule has 7 nitrogen and oxygen atoms in total. The summed E-state index contributed by atoms with van der Waals surface area (Å²) < 4.78 is 27.3. The average molecular weight is 436 g/mol. The molecule has 2 amide bonds. The standard InChI is InChI=1S/C20H22ClN3O4S/c1-13-11-15(6-7-16(13)19(22)25)23-20(26)14-5-8-17(21)18(12-14)29(27,28)24-9-3-2-4-10-24/h5-8,11-12H,2-4,9-10H2,1H3,(H2,22,25)(H,23,26). The van der Waals surface area contributed by atoms with E-state index in [0.29, 0.717) is 29.9 Å². The minimum absolute atomic E-state index is 0.0750. The van der Waals surface area contributed by atoms with Crippen molar-refractivity contribution in [2.45, 2.75) is 31.1 Å². The van der Waals surface area contributed by atoms with Crippen LogP contribution in [0.15, 0.2) is 41.3 Å². The van der Waals surface area contributed by atoms with Crippen LogP contribution in [0, 0.1) is 6.92 Å². The van der Waals surface area contributed by atoms with E-state index in [-0.39, 0.29) is 15.5 Å². The van der Waals surface area contributed by atoms with Crippen LogP contribution in [0.2, 0.25) is 5.02 Å². The number of amides is 2. The first kappa shape index (κ1) is 21.3. The van der Waals surface area contributed by atoms with E-state index in [0.717, 1.165) is 19.3 Å². The van der Waals surface area contributed by atoms with Gasteiger partial charge in [0.05, 0.1) is 5.02 Å².